The van der Waals surface area contributed by atoms with Gasteiger partial charge < -0.3 is 20.1 Å². The number of benzene rings is 1. The number of anilines is 1. The molecular formula is C21H28N2O4. The Morgan fingerprint density at radius 2 is 1.85 bits per heavy atom. The summed E-state index contributed by atoms with van der Waals surface area (Å²) in [5.74, 6) is 0.692. The van der Waals surface area contributed by atoms with Crippen molar-refractivity contribution >= 4 is 17.5 Å². The molecule has 0 bridgehead atoms. The monoisotopic (exact) mass is 372 g/mol. The molecule has 146 valence electrons. The summed E-state index contributed by atoms with van der Waals surface area (Å²) in [5.41, 5.74) is 1.07. The lowest BCUT2D eigenvalue weighted by Crippen LogP contribution is -2.40. The molecule has 2 aliphatic carbocycles. The van der Waals surface area contributed by atoms with Gasteiger partial charge in [-0.15, -0.1) is 0 Å². The molecule has 2 N–H and O–H groups in total. The van der Waals surface area contributed by atoms with Gasteiger partial charge in [-0.3, -0.25) is 9.59 Å². The predicted octanol–water partition coefficient (Wildman–Crippen LogP) is 3.43. The SMILES string of the molecule is COc1ccc(NC(=O)C2(C(=O)NCCC3=CCCCC3)CC2)cc1OC. The molecule has 0 aromatic heterocycles. The number of rotatable bonds is 8. The Labute approximate surface area is 160 Å². The smallest absolute Gasteiger partial charge is 0.240 e. The molecule has 0 radical (unpaired) electrons. The van der Waals surface area contributed by atoms with E-state index in [9.17, 15) is 9.59 Å². The van der Waals surface area contributed by atoms with Crippen LogP contribution in [0, 0.1) is 5.41 Å². The molecule has 3 rings (SSSR count). The number of carbonyl (C=O) groups is 2. The third kappa shape index (κ3) is 4.43. The van der Waals surface area contributed by atoms with Crippen LogP contribution in [0.5, 0.6) is 11.5 Å². The highest BCUT2D eigenvalue weighted by atomic mass is 16.5. The van der Waals surface area contributed by atoms with E-state index in [1.165, 1.54) is 18.4 Å². The summed E-state index contributed by atoms with van der Waals surface area (Å²) in [7, 11) is 3.10. The van der Waals surface area contributed by atoms with Crippen molar-refractivity contribution in [3.8, 4) is 11.5 Å². The first kappa shape index (κ1) is 19.3. The fourth-order valence-corrected chi connectivity index (χ4v) is 3.48. The number of hydrogen-bond donors (Lipinski definition) is 2. The summed E-state index contributed by atoms with van der Waals surface area (Å²) in [6, 6.07) is 5.16. The van der Waals surface area contributed by atoms with Crippen LogP contribution in [0.1, 0.15) is 44.9 Å². The van der Waals surface area contributed by atoms with Crippen LogP contribution in [0.15, 0.2) is 29.8 Å². The van der Waals surface area contributed by atoms with Crippen molar-refractivity contribution in [3.05, 3.63) is 29.8 Å². The van der Waals surface area contributed by atoms with E-state index in [4.69, 9.17) is 9.47 Å². The van der Waals surface area contributed by atoms with Crippen LogP contribution >= 0.6 is 0 Å². The maximum Gasteiger partial charge on any atom is 0.240 e. The molecule has 1 aromatic rings. The molecule has 0 heterocycles. The van der Waals surface area contributed by atoms with E-state index in [1.807, 2.05) is 0 Å². The number of nitrogens with one attached hydrogen (secondary N) is 2. The zero-order chi connectivity index (χ0) is 19.3. The average molecular weight is 372 g/mol. The Kier molecular flexibility index (Phi) is 6.04. The van der Waals surface area contributed by atoms with Crippen molar-refractivity contribution in [2.75, 3.05) is 26.1 Å². The molecule has 0 saturated heterocycles. The molecule has 1 fully saturated rings. The second-order valence-electron chi connectivity index (χ2n) is 7.22. The largest absolute Gasteiger partial charge is 0.493 e. The first-order valence-corrected chi connectivity index (χ1v) is 9.59. The minimum atomic E-state index is -0.936. The molecule has 0 spiro atoms. The number of amides is 2. The Morgan fingerprint density at radius 3 is 2.48 bits per heavy atom. The van der Waals surface area contributed by atoms with Crippen LogP contribution in [0.25, 0.3) is 0 Å². The quantitative estimate of drug-likeness (QED) is 0.541. The lowest BCUT2D eigenvalue weighted by molar-refractivity contribution is -0.134. The number of hydrogen-bond acceptors (Lipinski definition) is 4. The van der Waals surface area contributed by atoms with Gasteiger partial charge in [0.15, 0.2) is 11.5 Å². The van der Waals surface area contributed by atoms with Crippen molar-refractivity contribution in [2.24, 2.45) is 5.41 Å². The van der Waals surface area contributed by atoms with Crippen LogP contribution in [0.2, 0.25) is 0 Å². The average Bonchev–Trinajstić information content (AvgIpc) is 3.51. The van der Waals surface area contributed by atoms with E-state index in [2.05, 4.69) is 16.7 Å². The van der Waals surface area contributed by atoms with E-state index in [1.54, 1.807) is 32.4 Å². The minimum absolute atomic E-state index is 0.170. The van der Waals surface area contributed by atoms with Crippen molar-refractivity contribution in [3.63, 3.8) is 0 Å². The van der Waals surface area contributed by atoms with Crippen LogP contribution in [-0.4, -0.2) is 32.6 Å². The third-order valence-electron chi connectivity index (χ3n) is 5.38. The lowest BCUT2D eigenvalue weighted by atomic mass is 9.97. The molecule has 6 heteroatoms. The first-order chi connectivity index (χ1) is 13.1. The number of ether oxygens (including phenoxy) is 2. The summed E-state index contributed by atoms with van der Waals surface area (Å²) >= 11 is 0. The topological polar surface area (TPSA) is 76.7 Å². The fourth-order valence-electron chi connectivity index (χ4n) is 3.48. The van der Waals surface area contributed by atoms with Crippen molar-refractivity contribution in [1.82, 2.24) is 5.32 Å². The van der Waals surface area contributed by atoms with Gasteiger partial charge in [-0.05, 0) is 57.1 Å². The van der Waals surface area contributed by atoms with Crippen molar-refractivity contribution < 1.29 is 19.1 Å². The maximum absolute atomic E-state index is 12.7. The van der Waals surface area contributed by atoms with E-state index in [-0.39, 0.29) is 11.8 Å². The van der Waals surface area contributed by atoms with Gasteiger partial charge in [0, 0.05) is 18.3 Å². The van der Waals surface area contributed by atoms with Gasteiger partial charge in [-0.25, -0.2) is 0 Å². The summed E-state index contributed by atoms with van der Waals surface area (Å²) in [4.78, 5) is 25.3. The summed E-state index contributed by atoms with van der Waals surface area (Å²) in [6.45, 7) is 0.593. The highest BCUT2D eigenvalue weighted by Crippen LogP contribution is 2.47. The number of carbonyl (C=O) groups excluding carboxylic acids is 2. The molecule has 1 saturated carbocycles. The predicted molar refractivity (Wildman–Crippen MR) is 104 cm³/mol. The van der Waals surface area contributed by atoms with E-state index < -0.39 is 5.41 Å². The van der Waals surface area contributed by atoms with Gasteiger partial charge in [-0.2, -0.15) is 0 Å². The van der Waals surface area contributed by atoms with Crippen LogP contribution < -0.4 is 20.1 Å². The summed E-state index contributed by atoms with van der Waals surface area (Å²) in [5, 5.41) is 5.80. The third-order valence-corrected chi connectivity index (χ3v) is 5.38. The lowest BCUT2D eigenvalue weighted by Gasteiger charge is -2.17. The standard InChI is InChI=1S/C21H28N2O4/c1-26-17-9-8-16(14-18(17)27-2)23-20(25)21(11-12-21)19(24)22-13-10-15-6-4-3-5-7-15/h6,8-9,14H,3-5,7,10-13H2,1-2H3,(H,22,24)(H,23,25). The maximum atomic E-state index is 12.7. The number of methoxy groups -OCH3 is 2. The van der Waals surface area contributed by atoms with Gasteiger partial charge in [0.1, 0.15) is 5.41 Å². The zero-order valence-electron chi connectivity index (χ0n) is 16.1. The molecule has 0 aliphatic heterocycles. The van der Waals surface area contributed by atoms with E-state index >= 15 is 0 Å². The van der Waals surface area contributed by atoms with Crippen molar-refractivity contribution in [1.29, 1.82) is 0 Å². The van der Waals surface area contributed by atoms with Gasteiger partial charge in [0.25, 0.3) is 0 Å². The van der Waals surface area contributed by atoms with Crippen LogP contribution in [0.4, 0.5) is 5.69 Å². The van der Waals surface area contributed by atoms with E-state index in [0.717, 1.165) is 19.3 Å². The molecule has 0 unspecified atom stereocenters. The normalized spacial score (nSPS) is 17.5. The molecule has 2 aliphatic rings. The Balaban J connectivity index is 1.55. The summed E-state index contributed by atoms with van der Waals surface area (Å²) in [6.07, 6.45) is 9.08. The van der Waals surface area contributed by atoms with Crippen molar-refractivity contribution in [2.45, 2.75) is 44.9 Å². The Hall–Kier alpha value is -2.50. The second-order valence-corrected chi connectivity index (χ2v) is 7.22. The molecule has 0 atom stereocenters. The highest BCUT2D eigenvalue weighted by molar-refractivity contribution is 6.13. The molecule has 1 aromatic carbocycles. The molecule has 2 amide bonds. The van der Waals surface area contributed by atoms with E-state index in [0.29, 0.717) is 36.6 Å². The summed E-state index contributed by atoms with van der Waals surface area (Å²) < 4.78 is 10.5. The fraction of sp³-hybridized carbons (Fsp3) is 0.524. The molecule has 27 heavy (non-hydrogen) atoms. The zero-order valence-corrected chi connectivity index (χ0v) is 16.1. The minimum Gasteiger partial charge on any atom is -0.493 e. The molecule has 6 nitrogen and oxygen atoms in total. The molecular weight excluding hydrogens is 344 g/mol. The van der Waals surface area contributed by atoms with Gasteiger partial charge in [0.2, 0.25) is 11.8 Å². The van der Waals surface area contributed by atoms with Gasteiger partial charge in [0.05, 0.1) is 14.2 Å². The Bertz CT molecular complexity index is 738. The first-order valence-electron chi connectivity index (χ1n) is 9.59. The van der Waals surface area contributed by atoms with Gasteiger partial charge in [-0.1, -0.05) is 11.6 Å². The van der Waals surface area contributed by atoms with Gasteiger partial charge >= 0.3 is 0 Å². The van der Waals surface area contributed by atoms with Crippen LogP contribution in [-0.2, 0) is 9.59 Å². The Morgan fingerprint density at radius 1 is 1.07 bits per heavy atom. The second kappa shape index (κ2) is 8.46. The van der Waals surface area contributed by atoms with Crippen LogP contribution in [0.3, 0.4) is 0 Å². The number of allylic oxidation sites excluding steroid dienone is 1. The highest BCUT2D eigenvalue weighted by Gasteiger charge is 2.56.